The summed E-state index contributed by atoms with van der Waals surface area (Å²) in [7, 11) is -3.18. The lowest BCUT2D eigenvalue weighted by Crippen LogP contribution is -2.43. The van der Waals surface area contributed by atoms with E-state index in [1.807, 2.05) is 0 Å². The maximum absolute atomic E-state index is 12.4. The Morgan fingerprint density at radius 2 is 2.30 bits per heavy atom. The number of hydrogen-bond donors (Lipinski definition) is 1. The van der Waals surface area contributed by atoms with Gasteiger partial charge in [0.1, 0.15) is 5.76 Å². The number of nitrogens with one attached hydrogen (secondary N) is 1. The minimum absolute atomic E-state index is 0.0414. The highest BCUT2D eigenvalue weighted by Crippen LogP contribution is 2.20. The molecule has 1 saturated heterocycles. The van der Waals surface area contributed by atoms with Gasteiger partial charge in [-0.25, -0.2) is 13.1 Å². The van der Waals surface area contributed by atoms with Crippen LogP contribution in [0.25, 0.3) is 0 Å². The molecular formula is C13H20N2O4S. The fourth-order valence-corrected chi connectivity index (χ4v) is 3.00. The van der Waals surface area contributed by atoms with Crippen LogP contribution >= 0.6 is 0 Å². The summed E-state index contributed by atoms with van der Waals surface area (Å²) in [6.45, 7) is 3.43. The Kier molecular flexibility index (Phi) is 4.49. The largest absolute Gasteiger partial charge is 0.469 e. The molecule has 1 aliphatic rings. The summed E-state index contributed by atoms with van der Waals surface area (Å²) in [5.41, 5.74) is 0.585. The van der Waals surface area contributed by atoms with Crippen LogP contribution in [0.2, 0.25) is 0 Å². The van der Waals surface area contributed by atoms with E-state index in [0.717, 1.165) is 19.1 Å². The molecule has 1 aromatic rings. The zero-order chi connectivity index (χ0) is 14.8. The molecule has 0 spiro atoms. The third-order valence-electron chi connectivity index (χ3n) is 3.53. The second-order valence-electron chi connectivity index (χ2n) is 5.27. The third kappa shape index (κ3) is 3.83. The van der Waals surface area contributed by atoms with E-state index in [2.05, 4.69) is 4.72 Å². The van der Waals surface area contributed by atoms with Gasteiger partial charge in [0.05, 0.1) is 18.1 Å². The Hall–Kier alpha value is -1.34. The molecule has 1 aromatic heterocycles. The van der Waals surface area contributed by atoms with E-state index in [0.29, 0.717) is 31.0 Å². The summed E-state index contributed by atoms with van der Waals surface area (Å²) < 4.78 is 29.9. The highest BCUT2D eigenvalue weighted by atomic mass is 32.2. The average molecular weight is 300 g/mol. The first-order valence-corrected chi connectivity index (χ1v) is 8.54. The van der Waals surface area contributed by atoms with Crippen molar-refractivity contribution in [2.75, 3.05) is 25.9 Å². The highest BCUT2D eigenvalue weighted by Gasteiger charge is 2.26. The maximum atomic E-state index is 12.4. The number of amides is 1. The third-order valence-corrected chi connectivity index (χ3v) is 4.22. The zero-order valence-electron chi connectivity index (χ0n) is 11.8. The first kappa shape index (κ1) is 15.1. The van der Waals surface area contributed by atoms with E-state index in [4.69, 9.17) is 4.42 Å². The quantitative estimate of drug-likeness (QED) is 0.899. The highest BCUT2D eigenvalue weighted by molar-refractivity contribution is 7.88. The minimum Gasteiger partial charge on any atom is -0.469 e. The number of nitrogens with zero attached hydrogens (tertiary/aromatic N) is 1. The number of aryl methyl sites for hydroxylation is 1. The molecule has 0 aromatic carbocycles. The molecule has 1 fully saturated rings. The number of carbonyl (C=O) groups excluding carboxylic acids is 1. The number of piperidine rings is 1. The molecule has 7 heteroatoms. The Morgan fingerprint density at radius 3 is 2.90 bits per heavy atom. The molecule has 6 nitrogen and oxygen atoms in total. The summed E-state index contributed by atoms with van der Waals surface area (Å²) in [5.74, 6) is 0.737. The first-order chi connectivity index (χ1) is 9.37. The van der Waals surface area contributed by atoms with E-state index in [9.17, 15) is 13.2 Å². The monoisotopic (exact) mass is 300 g/mol. The van der Waals surface area contributed by atoms with E-state index >= 15 is 0 Å². The summed E-state index contributed by atoms with van der Waals surface area (Å²) in [5, 5.41) is 0. The fraction of sp³-hybridized carbons (Fsp3) is 0.615. The van der Waals surface area contributed by atoms with Gasteiger partial charge in [0.15, 0.2) is 0 Å². The normalized spacial score (nSPS) is 20.1. The maximum Gasteiger partial charge on any atom is 0.257 e. The molecule has 1 aliphatic heterocycles. The van der Waals surface area contributed by atoms with Crippen molar-refractivity contribution in [3.05, 3.63) is 23.7 Å². The van der Waals surface area contributed by atoms with Crippen LogP contribution in [-0.4, -0.2) is 45.1 Å². The van der Waals surface area contributed by atoms with E-state index < -0.39 is 10.0 Å². The van der Waals surface area contributed by atoms with Crippen molar-refractivity contribution < 1.29 is 17.6 Å². The van der Waals surface area contributed by atoms with Gasteiger partial charge in [-0.2, -0.15) is 0 Å². The van der Waals surface area contributed by atoms with Crippen molar-refractivity contribution in [1.82, 2.24) is 9.62 Å². The van der Waals surface area contributed by atoms with Gasteiger partial charge in [-0.3, -0.25) is 4.79 Å². The Labute approximate surface area is 119 Å². The Bertz CT molecular complexity index is 579. The second-order valence-corrected chi connectivity index (χ2v) is 7.10. The van der Waals surface area contributed by atoms with Crippen LogP contribution in [0.5, 0.6) is 0 Å². The molecule has 20 heavy (non-hydrogen) atoms. The second kappa shape index (κ2) is 5.97. The number of furan rings is 1. The van der Waals surface area contributed by atoms with Gasteiger partial charge in [0, 0.05) is 19.6 Å². The van der Waals surface area contributed by atoms with Crippen LogP contribution < -0.4 is 4.72 Å². The van der Waals surface area contributed by atoms with Crippen LogP contribution in [0.3, 0.4) is 0 Å². The lowest BCUT2D eigenvalue weighted by atomic mass is 9.97. The molecule has 1 unspecified atom stereocenters. The van der Waals surface area contributed by atoms with Crippen molar-refractivity contribution in [2.45, 2.75) is 19.8 Å². The fourth-order valence-electron chi connectivity index (χ4n) is 2.46. The summed E-state index contributed by atoms with van der Waals surface area (Å²) in [4.78, 5) is 14.1. The Morgan fingerprint density at radius 1 is 1.55 bits per heavy atom. The van der Waals surface area contributed by atoms with Crippen molar-refractivity contribution in [3.8, 4) is 0 Å². The minimum atomic E-state index is -3.18. The van der Waals surface area contributed by atoms with Crippen molar-refractivity contribution in [2.24, 2.45) is 5.92 Å². The van der Waals surface area contributed by atoms with Crippen LogP contribution in [0, 0.1) is 12.8 Å². The van der Waals surface area contributed by atoms with Gasteiger partial charge in [-0.1, -0.05) is 0 Å². The van der Waals surface area contributed by atoms with E-state index in [-0.39, 0.29) is 11.8 Å². The van der Waals surface area contributed by atoms with Gasteiger partial charge in [0.25, 0.3) is 5.91 Å². The average Bonchev–Trinajstić information content (AvgIpc) is 2.81. The van der Waals surface area contributed by atoms with Gasteiger partial charge >= 0.3 is 0 Å². The summed E-state index contributed by atoms with van der Waals surface area (Å²) in [6, 6.07) is 1.68. The molecule has 0 radical (unpaired) electrons. The lowest BCUT2D eigenvalue weighted by molar-refractivity contribution is 0.0674. The summed E-state index contributed by atoms with van der Waals surface area (Å²) in [6.07, 6.45) is 4.47. The SMILES string of the molecule is Cc1occc1C(=O)N1CCCC(CNS(C)(=O)=O)C1. The number of carbonyl (C=O) groups is 1. The lowest BCUT2D eigenvalue weighted by Gasteiger charge is -2.32. The van der Waals surface area contributed by atoms with Crippen molar-refractivity contribution in [1.29, 1.82) is 0 Å². The molecule has 2 rings (SSSR count). The van der Waals surface area contributed by atoms with Crippen molar-refractivity contribution in [3.63, 3.8) is 0 Å². The summed E-state index contributed by atoms with van der Waals surface area (Å²) >= 11 is 0. The van der Waals surface area contributed by atoms with Crippen LogP contribution in [-0.2, 0) is 10.0 Å². The first-order valence-electron chi connectivity index (χ1n) is 6.65. The molecule has 0 aliphatic carbocycles. The van der Waals surface area contributed by atoms with Crippen LogP contribution in [0.1, 0.15) is 29.0 Å². The predicted molar refractivity (Wildman–Crippen MR) is 74.9 cm³/mol. The van der Waals surface area contributed by atoms with Crippen LogP contribution in [0.15, 0.2) is 16.7 Å². The van der Waals surface area contributed by atoms with Gasteiger partial charge in [-0.15, -0.1) is 0 Å². The van der Waals surface area contributed by atoms with Crippen LogP contribution in [0.4, 0.5) is 0 Å². The molecule has 0 bridgehead atoms. The number of hydrogen-bond acceptors (Lipinski definition) is 4. The molecule has 2 heterocycles. The van der Waals surface area contributed by atoms with Gasteiger partial charge < -0.3 is 9.32 Å². The van der Waals surface area contributed by atoms with Gasteiger partial charge in [0.2, 0.25) is 10.0 Å². The standard InChI is InChI=1S/C13H20N2O4S/c1-10-12(5-7-19-10)13(16)15-6-3-4-11(9-15)8-14-20(2,17)18/h5,7,11,14H,3-4,6,8-9H2,1-2H3. The Balaban J connectivity index is 1.97. The zero-order valence-corrected chi connectivity index (χ0v) is 12.6. The molecule has 1 amide bonds. The predicted octanol–water partition coefficient (Wildman–Crippen LogP) is 0.989. The molecule has 0 saturated carbocycles. The smallest absolute Gasteiger partial charge is 0.257 e. The number of sulfonamides is 1. The molecule has 112 valence electrons. The molecular weight excluding hydrogens is 280 g/mol. The van der Waals surface area contributed by atoms with Gasteiger partial charge in [-0.05, 0) is 31.7 Å². The molecule has 1 N–H and O–H groups in total. The van der Waals surface area contributed by atoms with Crippen molar-refractivity contribution >= 4 is 15.9 Å². The number of likely N-dealkylation sites (tertiary alicyclic amines) is 1. The topological polar surface area (TPSA) is 79.6 Å². The molecule has 1 atom stereocenters. The number of rotatable bonds is 4. The van der Waals surface area contributed by atoms with E-state index in [1.54, 1.807) is 17.9 Å². The van der Waals surface area contributed by atoms with E-state index in [1.165, 1.54) is 6.26 Å².